The van der Waals surface area contributed by atoms with E-state index in [4.69, 9.17) is 5.11 Å². The molecule has 1 aliphatic heterocycles. The number of aliphatic hydroxyl groups is 1. The van der Waals surface area contributed by atoms with Gasteiger partial charge in [0.25, 0.3) is 0 Å². The molecule has 1 N–H and O–H groups in total. The van der Waals surface area contributed by atoms with E-state index in [1.54, 1.807) is 0 Å². The monoisotopic (exact) mass is 205 g/mol. The Kier molecular flexibility index (Phi) is 2.13. The van der Waals surface area contributed by atoms with Crippen LogP contribution < -0.4 is 0 Å². The zero-order valence-electron chi connectivity index (χ0n) is 7.57. The van der Waals surface area contributed by atoms with Gasteiger partial charge in [-0.15, -0.1) is 0 Å². The molecule has 0 aromatic heterocycles. The molecule has 1 heterocycles. The molecule has 0 amide bonds. The third kappa shape index (κ3) is 1.73. The van der Waals surface area contributed by atoms with Crippen LogP contribution in [0.1, 0.15) is 19.3 Å². The topological polar surface area (TPSA) is 57.6 Å². The minimum Gasteiger partial charge on any atom is -0.395 e. The summed E-state index contributed by atoms with van der Waals surface area (Å²) < 4.78 is 24.6. The molecule has 0 unspecified atom stereocenters. The molecule has 0 atom stereocenters. The van der Waals surface area contributed by atoms with Crippen LogP contribution in [0.15, 0.2) is 0 Å². The molecule has 0 aromatic carbocycles. The predicted molar refractivity (Wildman–Crippen MR) is 48.7 cm³/mol. The Balaban J connectivity index is 2.02. The highest BCUT2D eigenvalue weighted by Crippen LogP contribution is 2.53. The zero-order valence-corrected chi connectivity index (χ0v) is 8.39. The first-order valence-electron chi connectivity index (χ1n) is 4.67. The van der Waals surface area contributed by atoms with Crippen molar-refractivity contribution in [3.8, 4) is 0 Å². The van der Waals surface area contributed by atoms with Gasteiger partial charge in [-0.2, -0.15) is 0 Å². The molecule has 0 aromatic rings. The van der Waals surface area contributed by atoms with Gasteiger partial charge in [0.05, 0.1) is 12.4 Å². The van der Waals surface area contributed by atoms with Crippen LogP contribution in [0.3, 0.4) is 0 Å². The average Bonchev–Trinajstić information content (AvgIpc) is 2.60. The van der Waals surface area contributed by atoms with Crippen molar-refractivity contribution in [2.45, 2.75) is 19.3 Å². The van der Waals surface area contributed by atoms with Crippen molar-refractivity contribution in [3.05, 3.63) is 0 Å². The Bertz CT molecular complexity index is 295. The van der Waals surface area contributed by atoms with E-state index in [-0.39, 0.29) is 12.4 Å². The Labute approximate surface area is 78.6 Å². The molecule has 0 bridgehead atoms. The van der Waals surface area contributed by atoms with Crippen LogP contribution in [0.5, 0.6) is 0 Å². The summed E-state index contributed by atoms with van der Waals surface area (Å²) in [6.45, 7) is 1.07. The first kappa shape index (κ1) is 9.43. The van der Waals surface area contributed by atoms with E-state index in [1.165, 1.54) is 17.1 Å². The molecule has 76 valence electrons. The minimum absolute atomic E-state index is 0.122. The van der Waals surface area contributed by atoms with Crippen LogP contribution in [0.2, 0.25) is 0 Å². The van der Waals surface area contributed by atoms with Crippen LogP contribution in [-0.4, -0.2) is 43.3 Å². The lowest BCUT2D eigenvalue weighted by Crippen LogP contribution is -2.32. The Morgan fingerprint density at radius 3 is 2.46 bits per heavy atom. The molecule has 1 saturated heterocycles. The fourth-order valence-electron chi connectivity index (χ4n) is 1.96. The summed E-state index contributed by atoms with van der Waals surface area (Å²) in [6, 6.07) is 0. The smallest absolute Gasteiger partial charge is 0.216 e. The fourth-order valence-corrected chi connectivity index (χ4v) is 3.29. The van der Waals surface area contributed by atoms with Gasteiger partial charge < -0.3 is 5.11 Å². The summed E-state index contributed by atoms with van der Waals surface area (Å²) in [5.74, 6) is -0.122. The number of hydrogen-bond acceptors (Lipinski definition) is 3. The molecule has 1 aliphatic carbocycles. The van der Waals surface area contributed by atoms with Crippen LogP contribution >= 0.6 is 0 Å². The maximum atomic E-state index is 11.5. The van der Waals surface area contributed by atoms with Crippen LogP contribution in [0.4, 0.5) is 0 Å². The first-order valence-corrected chi connectivity index (χ1v) is 6.28. The van der Waals surface area contributed by atoms with E-state index in [1.807, 2.05) is 0 Å². The lowest BCUT2D eigenvalue weighted by atomic mass is 10.1. The summed E-state index contributed by atoms with van der Waals surface area (Å²) in [4.78, 5) is 0. The third-order valence-electron chi connectivity index (χ3n) is 3.10. The SMILES string of the molecule is O=S(=O)(CCO)N1CCC2(CC2)C1. The summed E-state index contributed by atoms with van der Waals surface area (Å²) in [7, 11) is -3.16. The van der Waals surface area contributed by atoms with E-state index in [0.29, 0.717) is 18.5 Å². The molecule has 13 heavy (non-hydrogen) atoms. The molecule has 4 nitrogen and oxygen atoms in total. The number of rotatable bonds is 3. The van der Waals surface area contributed by atoms with Gasteiger partial charge in [-0.3, -0.25) is 0 Å². The van der Waals surface area contributed by atoms with E-state index in [2.05, 4.69) is 0 Å². The van der Waals surface area contributed by atoms with E-state index < -0.39 is 10.0 Å². The highest BCUT2D eigenvalue weighted by atomic mass is 32.2. The zero-order chi connectivity index (χ0) is 9.53. The van der Waals surface area contributed by atoms with E-state index >= 15 is 0 Å². The second-order valence-corrected chi connectivity index (χ2v) is 6.21. The Morgan fingerprint density at radius 2 is 2.00 bits per heavy atom. The number of hydrogen-bond donors (Lipinski definition) is 1. The molecule has 1 spiro atoms. The standard InChI is InChI=1S/C8H15NO3S/c10-5-6-13(11,12)9-4-3-8(7-9)1-2-8/h10H,1-7H2. The first-order chi connectivity index (χ1) is 6.08. The Morgan fingerprint density at radius 1 is 1.31 bits per heavy atom. The van der Waals surface area contributed by atoms with Crippen molar-refractivity contribution in [1.82, 2.24) is 4.31 Å². The van der Waals surface area contributed by atoms with Gasteiger partial charge in [-0.25, -0.2) is 12.7 Å². The molecule has 2 rings (SSSR count). The van der Waals surface area contributed by atoms with Gasteiger partial charge in [0.1, 0.15) is 0 Å². The van der Waals surface area contributed by atoms with E-state index in [0.717, 1.165) is 6.42 Å². The second kappa shape index (κ2) is 2.93. The number of sulfonamides is 1. The molecular weight excluding hydrogens is 190 g/mol. The second-order valence-electron chi connectivity index (χ2n) is 4.12. The molecule has 1 saturated carbocycles. The minimum atomic E-state index is -3.16. The lowest BCUT2D eigenvalue weighted by molar-refractivity contribution is 0.315. The van der Waals surface area contributed by atoms with Gasteiger partial charge in [-0.1, -0.05) is 0 Å². The average molecular weight is 205 g/mol. The maximum absolute atomic E-state index is 11.5. The fraction of sp³-hybridized carbons (Fsp3) is 1.00. The van der Waals surface area contributed by atoms with Crippen molar-refractivity contribution in [2.75, 3.05) is 25.4 Å². The van der Waals surface area contributed by atoms with Crippen LogP contribution in [-0.2, 0) is 10.0 Å². The summed E-state index contributed by atoms with van der Waals surface area (Å²) in [5.41, 5.74) is 0.336. The molecule has 2 fully saturated rings. The highest BCUT2D eigenvalue weighted by Gasteiger charge is 2.50. The largest absolute Gasteiger partial charge is 0.395 e. The van der Waals surface area contributed by atoms with Crippen molar-refractivity contribution in [2.24, 2.45) is 5.41 Å². The Hall–Kier alpha value is -0.130. The van der Waals surface area contributed by atoms with Crippen molar-refractivity contribution >= 4 is 10.0 Å². The summed E-state index contributed by atoms with van der Waals surface area (Å²) >= 11 is 0. The molecular formula is C8H15NO3S. The number of aliphatic hydroxyl groups excluding tert-OH is 1. The number of nitrogens with zero attached hydrogens (tertiary/aromatic N) is 1. The van der Waals surface area contributed by atoms with E-state index in [9.17, 15) is 8.42 Å². The van der Waals surface area contributed by atoms with Crippen molar-refractivity contribution in [3.63, 3.8) is 0 Å². The van der Waals surface area contributed by atoms with Crippen LogP contribution in [0.25, 0.3) is 0 Å². The molecule has 5 heteroatoms. The third-order valence-corrected chi connectivity index (χ3v) is 4.90. The normalized spacial score (nSPS) is 26.8. The van der Waals surface area contributed by atoms with Gasteiger partial charge in [0.15, 0.2) is 0 Å². The highest BCUT2D eigenvalue weighted by molar-refractivity contribution is 7.89. The summed E-state index contributed by atoms with van der Waals surface area (Å²) in [6.07, 6.45) is 3.37. The summed E-state index contributed by atoms with van der Waals surface area (Å²) in [5, 5.41) is 8.60. The van der Waals surface area contributed by atoms with Gasteiger partial charge in [-0.05, 0) is 24.7 Å². The van der Waals surface area contributed by atoms with Gasteiger partial charge in [0.2, 0.25) is 10.0 Å². The maximum Gasteiger partial charge on any atom is 0.216 e. The quantitative estimate of drug-likeness (QED) is 0.694. The van der Waals surface area contributed by atoms with Crippen molar-refractivity contribution < 1.29 is 13.5 Å². The van der Waals surface area contributed by atoms with Crippen molar-refractivity contribution in [1.29, 1.82) is 0 Å². The molecule has 2 aliphatic rings. The van der Waals surface area contributed by atoms with Gasteiger partial charge >= 0.3 is 0 Å². The van der Waals surface area contributed by atoms with Crippen LogP contribution in [0, 0.1) is 5.41 Å². The molecule has 0 radical (unpaired) electrons. The lowest BCUT2D eigenvalue weighted by Gasteiger charge is -2.15. The predicted octanol–water partition coefficient (Wildman–Crippen LogP) is -0.206. The van der Waals surface area contributed by atoms with Gasteiger partial charge in [0, 0.05) is 13.1 Å².